The molecule has 0 aliphatic rings. The summed E-state index contributed by atoms with van der Waals surface area (Å²) in [5.41, 5.74) is 2.28. The van der Waals surface area contributed by atoms with E-state index in [9.17, 15) is 4.79 Å². The van der Waals surface area contributed by atoms with Crippen LogP contribution in [0.4, 0.5) is 0 Å². The fraction of sp³-hybridized carbons (Fsp3) is 0.500. The van der Waals surface area contributed by atoms with Gasteiger partial charge in [-0.05, 0) is 23.8 Å². The van der Waals surface area contributed by atoms with Crippen LogP contribution in [0, 0.1) is 12.3 Å². The first kappa shape index (κ1) is 12.8. The predicted octanol–water partition coefficient (Wildman–Crippen LogP) is 3.60. The van der Waals surface area contributed by atoms with E-state index in [1.54, 1.807) is 0 Å². The van der Waals surface area contributed by atoms with E-state index in [1.807, 2.05) is 31.2 Å². The lowest BCUT2D eigenvalue weighted by Crippen LogP contribution is -2.21. The SMILES string of the molecule is Cc1ccc(C(CC(=O)O)C(C)(C)C)cc1. The van der Waals surface area contributed by atoms with Gasteiger partial charge in [0.2, 0.25) is 0 Å². The fourth-order valence-corrected chi connectivity index (χ4v) is 1.90. The number of carboxylic acid groups (broad SMARTS) is 1. The molecule has 88 valence electrons. The van der Waals surface area contributed by atoms with Gasteiger partial charge in [-0.25, -0.2) is 0 Å². The van der Waals surface area contributed by atoms with Crippen LogP contribution in [0.15, 0.2) is 24.3 Å². The van der Waals surface area contributed by atoms with Crippen molar-refractivity contribution in [2.24, 2.45) is 5.41 Å². The maximum absolute atomic E-state index is 10.9. The minimum atomic E-state index is -0.736. The standard InChI is InChI=1S/C14H20O2/c1-10-5-7-11(8-6-10)12(9-13(15)16)14(2,3)4/h5-8,12H,9H2,1-4H3,(H,15,16). The molecular formula is C14H20O2. The number of hydrogen-bond donors (Lipinski definition) is 1. The number of hydrogen-bond acceptors (Lipinski definition) is 1. The van der Waals surface area contributed by atoms with Gasteiger partial charge in [-0.1, -0.05) is 50.6 Å². The van der Waals surface area contributed by atoms with Crippen LogP contribution in [-0.4, -0.2) is 11.1 Å². The number of aryl methyl sites for hydroxylation is 1. The zero-order valence-electron chi connectivity index (χ0n) is 10.4. The number of carboxylic acids is 1. The van der Waals surface area contributed by atoms with Gasteiger partial charge in [-0.15, -0.1) is 0 Å². The summed E-state index contributed by atoms with van der Waals surface area (Å²) in [4.78, 5) is 10.9. The molecule has 2 nitrogen and oxygen atoms in total. The molecule has 1 rings (SSSR count). The molecule has 1 aromatic rings. The van der Waals surface area contributed by atoms with Crippen molar-refractivity contribution in [1.29, 1.82) is 0 Å². The first-order valence-corrected chi connectivity index (χ1v) is 5.59. The Bertz CT molecular complexity index is 357. The van der Waals surface area contributed by atoms with Crippen LogP contribution in [0.1, 0.15) is 44.2 Å². The van der Waals surface area contributed by atoms with Crippen LogP contribution < -0.4 is 0 Å². The third-order valence-electron chi connectivity index (χ3n) is 2.90. The van der Waals surface area contributed by atoms with E-state index in [0.717, 1.165) is 5.56 Å². The van der Waals surface area contributed by atoms with Gasteiger partial charge >= 0.3 is 5.97 Å². The number of rotatable bonds is 3. The summed E-state index contributed by atoms with van der Waals surface area (Å²) in [7, 11) is 0. The van der Waals surface area contributed by atoms with Crippen molar-refractivity contribution in [3.05, 3.63) is 35.4 Å². The zero-order chi connectivity index (χ0) is 12.3. The van der Waals surface area contributed by atoms with Gasteiger partial charge in [0, 0.05) is 0 Å². The number of benzene rings is 1. The summed E-state index contributed by atoms with van der Waals surface area (Å²) in [5.74, 6) is -0.675. The quantitative estimate of drug-likeness (QED) is 0.845. The predicted molar refractivity (Wildman–Crippen MR) is 65.6 cm³/mol. The highest BCUT2D eigenvalue weighted by atomic mass is 16.4. The van der Waals surface area contributed by atoms with Crippen molar-refractivity contribution >= 4 is 5.97 Å². The molecule has 0 aromatic heterocycles. The van der Waals surface area contributed by atoms with Crippen LogP contribution in [0.25, 0.3) is 0 Å². The minimum absolute atomic E-state index is 0.0341. The second kappa shape index (κ2) is 4.69. The van der Waals surface area contributed by atoms with Crippen LogP contribution in [0.2, 0.25) is 0 Å². The number of carbonyl (C=O) groups is 1. The van der Waals surface area contributed by atoms with Gasteiger partial charge < -0.3 is 5.11 Å². The smallest absolute Gasteiger partial charge is 0.303 e. The average molecular weight is 220 g/mol. The van der Waals surface area contributed by atoms with E-state index in [2.05, 4.69) is 20.8 Å². The molecule has 0 heterocycles. The van der Waals surface area contributed by atoms with Crippen LogP contribution in [-0.2, 0) is 4.79 Å². The highest BCUT2D eigenvalue weighted by molar-refractivity contribution is 5.68. The molecule has 0 bridgehead atoms. The first-order valence-electron chi connectivity index (χ1n) is 5.59. The Balaban J connectivity index is 3.01. The highest BCUT2D eigenvalue weighted by Crippen LogP contribution is 2.37. The first-order chi connectivity index (χ1) is 7.30. The average Bonchev–Trinajstić information content (AvgIpc) is 2.14. The molecule has 0 radical (unpaired) electrons. The van der Waals surface area contributed by atoms with Crippen molar-refractivity contribution in [3.8, 4) is 0 Å². The molecule has 0 saturated heterocycles. The third kappa shape index (κ3) is 3.37. The molecule has 0 spiro atoms. The van der Waals surface area contributed by atoms with Crippen molar-refractivity contribution < 1.29 is 9.90 Å². The second-order valence-electron chi connectivity index (χ2n) is 5.43. The molecule has 0 amide bonds. The summed E-state index contributed by atoms with van der Waals surface area (Å²) in [6.45, 7) is 8.29. The minimum Gasteiger partial charge on any atom is -0.481 e. The maximum Gasteiger partial charge on any atom is 0.303 e. The Morgan fingerprint density at radius 3 is 2.12 bits per heavy atom. The summed E-state index contributed by atoms with van der Waals surface area (Å²) >= 11 is 0. The second-order valence-corrected chi connectivity index (χ2v) is 5.43. The van der Waals surface area contributed by atoms with E-state index in [0.29, 0.717) is 0 Å². The highest BCUT2D eigenvalue weighted by Gasteiger charge is 2.28. The Kier molecular flexibility index (Phi) is 3.74. The molecule has 2 heteroatoms. The van der Waals surface area contributed by atoms with E-state index in [4.69, 9.17) is 5.11 Å². The molecule has 16 heavy (non-hydrogen) atoms. The van der Waals surface area contributed by atoms with E-state index >= 15 is 0 Å². The monoisotopic (exact) mass is 220 g/mol. The van der Waals surface area contributed by atoms with E-state index in [1.165, 1.54) is 5.56 Å². The summed E-state index contributed by atoms with van der Waals surface area (Å²) in [6.07, 6.45) is 0.187. The fourth-order valence-electron chi connectivity index (χ4n) is 1.90. The van der Waals surface area contributed by atoms with Crippen molar-refractivity contribution in [2.45, 2.75) is 40.0 Å². The van der Waals surface area contributed by atoms with Gasteiger partial charge in [-0.2, -0.15) is 0 Å². The van der Waals surface area contributed by atoms with Crippen LogP contribution >= 0.6 is 0 Å². The summed E-state index contributed by atoms with van der Waals surface area (Å²) in [5, 5.41) is 8.96. The zero-order valence-corrected chi connectivity index (χ0v) is 10.4. The molecule has 0 fully saturated rings. The van der Waals surface area contributed by atoms with Crippen molar-refractivity contribution in [2.75, 3.05) is 0 Å². The lowest BCUT2D eigenvalue weighted by atomic mass is 9.74. The van der Waals surface area contributed by atoms with Crippen molar-refractivity contribution in [1.82, 2.24) is 0 Å². The lowest BCUT2D eigenvalue weighted by molar-refractivity contribution is -0.138. The molecule has 1 unspecified atom stereocenters. The van der Waals surface area contributed by atoms with Gasteiger partial charge in [0.05, 0.1) is 6.42 Å². The van der Waals surface area contributed by atoms with E-state index in [-0.39, 0.29) is 17.8 Å². The van der Waals surface area contributed by atoms with Crippen LogP contribution in [0.3, 0.4) is 0 Å². The van der Waals surface area contributed by atoms with Crippen LogP contribution in [0.5, 0.6) is 0 Å². The Morgan fingerprint density at radius 2 is 1.75 bits per heavy atom. The van der Waals surface area contributed by atoms with E-state index < -0.39 is 5.97 Å². The maximum atomic E-state index is 10.9. The van der Waals surface area contributed by atoms with Crippen molar-refractivity contribution in [3.63, 3.8) is 0 Å². The van der Waals surface area contributed by atoms with Gasteiger partial charge in [0.25, 0.3) is 0 Å². The lowest BCUT2D eigenvalue weighted by Gasteiger charge is -2.30. The van der Waals surface area contributed by atoms with Gasteiger partial charge in [0.15, 0.2) is 0 Å². The van der Waals surface area contributed by atoms with Gasteiger partial charge in [0.1, 0.15) is 0 Å². The Morgan fingerprint density at radius 1 is 1.25 bits per heavy atom. The normalized spacial score (nSPS) is 13.5. The summed E-state index contributed by atoms with van der Waals surface area (Å²) in [6, 6.07) is 8.15. The Labute approximate surface area is 97.3 Å². The molecular weight excluding hydrogens is 200 g/mol. The largest absolute Gasteiger partial charge is 0.481 e. The third-order valence-corrected chi connectivity index (χ3v) is 2.90. The molecule has 0 aliphatic heterocycles. The summed E-state index contributed by atoms with van der Waals surface area (Å²) < 4.78 is 0. The Hall–Kier alpha value is -1.31. The topological polar surface area (TPSA) is 37.3 Å². The molecule has 1 aromatic carbocycles. The number of aliphatic carboxylic acids is 1. The molecule has 1 atom stereocenters. The molecule has 1 N–H and O–H groups in total. The van der Waals surface area contributed by atoms with Gasteiger partial charge in [-0.3, -0.25) is 4.79 Å². The molecule has 0 saturated carbocycles. The molecule has 0 aliphatic carbocycles.